The van der Waals surface area contributed by atoms with Gasteiger partial charge in [0.1, 0.15) is 0 Å². The molecule has 0 radical (unpaired) electrons. The maximum Gasteiger partial charge on any atom is 0.166 e. The first-order valence-electron chi connectivity index (χ1n) is 7.99. The summed E-state index contributed by atoms with van der Waals surface area (Å²) < 4.78 is 0. The molecule has 0 fully saturated rings. The third-order valence-electron chi connectivity index (χ3n) is 4.23. The van der Waals surface area contributed by atoms with Crippen molar-refractivity contribution in [2.45, 2.75) is 42.4 Å². The van der Waals surface area contributed by atoms with Crippen molar-refractivity contribution < 1.29 is 0 Å². The average Bonchev–Trinajstić information content (AvgIpc) is 2.55. The van der Waals surface area contributed by atoms with E-state index in [1.807, 2.05) is 0 Å². The van der Waals surface area contributed by atoms with Crippen LogP contribution in [0.1, 0.15) is 22.3 Å². The lowest BCUT2D eigenvalue weighted by molar-refractivity contribution is 1.24. The number of benzene rings is 3. The van der Waals surface area contributed by atoms with E-state index in [0.717, 1.165) is 0 Å². The van der Waals surface area contributed by atoms with Gasteiger partial charge >= 0.3 is 0 Å². The van der Waals surface area contributed by atoms with Gasteiger partial charge in [-0.1, -0.05) is 41.5 Å². The molecule has 0 atom stereocenters. The smallest absolute Gasteiger partial charge is 0.0543 e. The molecule has 0 spiro atoms. The Labute approximate surface area is 142 Å². The van der Waals surface area contributed by atoms with Gasteiger partial charge in [0, 0.05) is 0 Å². The summed E-state index contributed by atoms with van der Waals surface area (Å²) in [5.41, 5.74) is 5.33. The number of hydrogen-bond acceptors (Lipinski definition) is 0. The molecule has 3 aromatic rings. The number of aryl methyl sites for hydroxylation is 4. The van der Waals surface area contributed by atoms with Crippen LogP contribution in [0.4, 0.5) is 0 Å². The molecule has 0 saturated heterocycles. The fourth-order valence-electron chi connectivity index (χ4n) is 2.60. The van der Waals surface area contributed by atoms with Crippen LogP contribution in [0.2, 0.25) is 0 Å². The fourth-order valence-corrected chi connectivity index (χ4v) is 4.73. The Bertz CT molecular complexity index is 753. The molecule has 0 aliphatic carbocycles. The predicted molar refractivity (Wildman–Crippen MR) is 100 cm³/mol. The van der Waals surface area contributed by atoms with Crippen LogP contribution in [-0.2, 0) is 10.9 Å². The minimum absolute atomic E-state index is 0.0497. The van der Waals surface area contributed by atoms with E-state index in [9.17, 15) is 0 Å². The normalized spacial score (nSPS) is 11.0. The monoisotopic (exact) mass is 319 g/mol. The van der Waals surface area contributed by atoms with Crippen LogP contribution in [0, 0.1) is 27.7 Å². The van der Waals surface area contributed by atoms with Gasteiger partial charge in [0.15, 0.2) is 14.7 Å². The van der Waals surface area contributed by atoms with E-state index in [2.05, 4.69) is 94.4 Å². The topological polar surface area (TPSA) is 0 Å². The van der Waals surface area contributed by atoms with Crippen molar-refractivity contribution in [3.63, 3.8) is 0 Å². The first-order valence-corrected chi connectivity index (χ1v) is 9.22. The van der Waals surface area contributed by atoms with E-state index in [4.69, 9.17) is 0 Å². The molecule has 0 bridgehead atoms. The molecule has 23 heavy (non-hydrogen) atoms. The maximum absolute atomic E-state index is 2.35. The van der Waals surface area contributed by atoms with Crippen molar-refractivity contribution in [1.29, 1.82) is 0 Å². The quantitative estimate of drug-likeness (QED) is 0.518. The van der Waals surface area contributed by atoms with Crippen molar-refractivity contribution in [2.24, 2.45) is 0 Å². The second-order valence-corrected chi connectivity index (χ2v) is 8.20. The predicted octanol–water partition coefficient (Wildman–Crippen LogP) is 6.02. The number of hydrogen-bond donors (Lipinski definition) is 0. The summed E-state index contributed by atoms with van der Waals surface area (Å²) in [6.45, 7) is 8.66. The Kier molecular flexibility index (Phi) is 4.58. The van der Waals surface area contributed by atoms with Crippen molar-refractivity contribution in [3.05, 3.63) is 89.0 Å². The summed E-state index contributed by atoms with van der Waals surface area (Å²) in [5.74, 6) is 0. The minimum Gasteiger partial charge on any atom is -0.0543 e. The second-order valence-electron chi connectivity index (χ2n) is 6.18. The molecule has 0 nitrogen and oxygen atoms in total. The maximum atomic E-state index is 2.35. The Morgan fingerprint density at radius 1 is 0.478 bits per heavy atom. The molecule has 1 heteroatoms. The molecule has 3 rings (SSSR count). The lowest BCUT2D eigenvalue weighted by Gasteiger charge is -2.10. The van der Waals surface area contributed by atoms with Crippen molar-refractivity contribution in [3.8, 4) is 0 Å². The summed E-state index contributed by atoms with van der Waals surface area (Å²) in [4.78, 5) is 4.14. The van der Waals surface area contributed by atoms with Crippen LogP contribution in [0.15, 0.2) is 81.4 Å². The standard InChI is InChI=1S/C22H23S/c1-16-5-10-20(11-6-16)23(21-12-7-17(2)8-13-21)22-14-9-18(3)19(4)15-22/h5-15H,1-4H3/q+1. The van der Waals surface area contributed by atoms with E-state index in [0.29, 0.717) is 0 Å². The summed E-state index contributed by atoms with van der Waals surface area (Å²) >= 11 is 0. The van der Waals surface area contributed by atoms with Gasteiger partial charge in [-0.15, -0.1) is 0 Å². The van der Waals surface area contributed by atoms with Crippen molar-refractivity contribution in [1.82, 2.24) is 0 Å². The third kappa shape index (κ3) is 3.51. The summed E-state index contributed by atoms with van der Waals surface area (Å²) in [6, 6.07) is 24.8. The Morgan fingerprint density at radius 2 is 0.913 bits per heavy atom. The van der Waals surface area contributed by atoms with Gasteiger partial charge < -0.3 is 0 Å². The SMILES string of the molecule is Cc1ccc([S+](c2ccc(C)cc2)c2ccc(C)c(C)c2)cc1. The van der Waals surface area contributed by atoms with Crippen LogP contribution in [0.3, 0.4) is 0 Å². The number of rotatable bonds is 3. The van der Waals surface area contributed by atoms with Gasteiger partial charge in [-0.3, -0.25) is 0 Å². The highest BCUT2D eigenvalue weighted by Gasteiger charge is 2.28. The highest BCUT2D eigenvalue weighted by atomic mass is 32.2. The second kappa shape index (κ2) is 6.64. The van der Waals surface area contributed by atoms with E-state index in [-0.39, 0.29) is 10.9 Å². The molecule has 0 aliphatic rings. The molecule has 116 valence electrons. The Hall–Kier alpha value is -1.99. The van der Waals surface area contributed by atoms with E-state index in [1.165, 1.54) is 36.9 Å². The fraction of sp³-hybridized carbons (Fsp3) is 0.182. The molecule has 0 aromatic heterocycles. The summed E-state index contributed by atoms with van der Waals surface area (Å²) in [7, 11) is -0.0497. The summed E-state index contributed by atoms with van der Waals surface area (Å²) in [6.07, 6.45) is 0. The van der Waals surface area contributed by atoms with Crippen molar-refractivity contribution in [2.75, 3.05) is 0 Å². The van der Waals surface area contributed by atoms with Crippen LogP contribution in [0.25, 0.3) is 0 Å². The average molecular weight is 319 g/mol. The lowest BCUT2D eigenvalue weighted by Crippen LogP contribution is -2.05. The molecule has 0 aliphatic heterocycles. The first-order chi connectivity index (χ1) is 11.0. The zero-order chi connectivity index (χ0) is 16.4. The molecule has 0 amide bonds. The van der Waals surface area contributed by atoms with Gasteiger partial charge in [0.05, 0.1) is 10.9 Å². The molecule has 0 N–H and O–H groups in total. The summed E-state index contributed by atoms with van der Waals surface area (Å²) in [5, 5.41) is 0. The van der Waals surface area contributed by atoms with E-state index < -0.39 is 0 Å². The third-order valence-corrected chi connectivity index (χ3v) is 6.44. The van der Waals surface area contributed by atoms with Gasteiger partial charge in [-0.25, -0.2) is 0 Å². The molecular formula is C22H23S+. The minimum atomic E-state index is -0.0497. The lowest BCUT2D eigenvalue weighted by atomic mass is 10.1. The molecule has 3 aromatic carbocycles. The molecular weight excluding hydrogens is 296 g/mol. The highest BCUT2D eigenvalue weighted by molar-refractivity contribution is 7.97. The molecule has 0 saturated carbocycles. The van der Waals surface area contributed by atoms with Crippen LogP contribution >= 0.6 is 0 Å². The van der Waals surface area contributed by atoms with Gasteiger partial charge in [-0.2, -0.15) is 0 Å². The zero-order valence-electron chi connectivity index (χ0n) is 14.3. The molecule has 0 heterocycles. The van der Waals surface area contributed by atoms with Gasteiger partial charge in [0.2, 0.25) is 0 Å². The van der Waals surface area contributed by atoms with Crippen LogP contribution in [0.5, 0.6) is 0 Å². The largest absolute Gasteiger partial charge is 0.166 e. The Balaban J connectivity index is 2.14. The van der Waals surface area contributed by atoms with E-state index in [1.54, 1.807) is 0 Å². The van der Waals surface area contributed by atoms with E-state index >= 15 is 0 Å². The van der Waals surface area contributed by atoms with Gasteiger partial charge in [-0.05, 0) is 75.2 Å². The van der Waals surface area contributed by atoms with Crippen LogP contribution < -0.4 is 0 Å². The highest BCUT2D eigenvalue weighted by Crippen LogP contribution is 2.32. The Morgan fingerprint density at radius 3 is 1.35 bits per heavy atom. The van der Waals surface area contributed by atoms with Crippen molar-refractivity contribution >= 4 is 10.9 Å². The van der Waals surface area contributed by atoms with Crippen LogP contribution in [-0.4, -0.2) is 0 Å². The zero-order valence-corrected chi connectivity index (χ0v) is 15.1. The molecule has 0 unspecified atom stereocenters. The first kappa shape index (κ1) is 15.9. The van der Waals surface area contributed by atoms with Gasteiger partial charge in [0.25, 0.3) is 0 Å².